The number of nitrogens with zero attached hydrogens (tertiary/aromatic N) is 1. The molecule has 138 valence electrons. The van der Waals surface area contributed by atoms with Crippen LogP contribution in [-0.2, 0) is 11.3 Å². The van der Waals surface area contributed by atoms with Crippen LogP contribution < -0.4 is 10.1 Å². The van der Waals surface area contributed by atoms with Gasteiger partial charge < -0.3 is 10.1 Å². The van der Waals surface area contributed by atoms with Gasteiger partial charge in [0.25, 0.3) is 0 Å². The lowest BCUT2D eigenvalue weighted by Crippen LogP contribution is -2.26. The van der Waals surface area contributed by atoms with Gasteiger partial charge in [-0.1, -0.05) is 12.1 Å². The van der Waals surface area contributed by atoms with E-state index in [1.807, 2.05) is 0 Å². The lowest BCUT2D eigenvalue weighted by atomic mass is 10.2. The van der Waals surface area contributed by atoms with Crippen molar-refractivity contribution in [3.8, 4) is 5.75 Å². The summed E-state index contributed by atoms with van der Waals surface area (Å²) in [4.78, 5) is 14.9. The van der Waals surface area contributed by atoms with Gasteiger partial charge in [0.2, 0.25) is 5.91 Å². The van der Waals surface area contributed by atoms with Crippen LogP contribution in [0.4, 0.5) is 26.3 Å². The molecular weight excluding hydrogens is 354 g/mol. The molecule has 0 saturated carbocycles. The van der Waals surface area contributed by atoms with Gasteiger partial charge in [0.1, 0.15) is 11.5 Å². The zero-order chi connectivity index (χ0) is 19.3. The Morgan fingerprint density at radius 3 is 2.40 bits per heavy atom. The largest absolute Gasteiger partial charge is 0.573 e. The summed E-state index contributed by atoms with van der Waals surface area (Å²) in [5.74, 6) is -1.28. The molecule has 4 nitrogen and oxygen atoms in total. The molecule has 0 saturated heterocycles. The maximum atomic E-state index is 12.6. The molecule has 0 unspecified atom stereocenters. The molecule has 0 radical (unpaired) electrons. The molecule has 1 N–H and O–H groups in total. The highest BCUT2D eigenvalue weighted by atomic mass is 19.4. The number of benzene rings is 1. The third-order valence-electron chi connectivity index (χ3n) is 2.83. The summed E-state index contributed by atoms with van der Waals surface area (Å²) in [5, 5.41) is 2.30. The van der Waals surface area contributed by atoms with Gasteiger partial charge in [-0.25, -0.2) is 0 Å². The molecule has 10 heteroatoms. The number of halogens is 6. The van der Waals surface area contributed by atoms with E-state index in [-0.39, 0.29) is 17.7 Å². The molecule has 0 bridgehead atoms. The van der Waals surface area contributed by atoms with Crippen LogP contribution in [0.5, 0.6) is 5.75 Å². The molecule has 1 aromatic carbocycles. The van der Waals surface area contributed by atoms with E-state index in [0.29, 0.717) is 6.08 Å². The van der Waals surface area contributed by atoms with E-state index in [1.165, 1.54) is 12.1 Å². The van der Waals surface area contributed by atoms with E-state index in [9.17, 15) is 31.1 Å². The summed E-state index contributed by atoms with van der Waals surface area (Å²) < 4.78 is 77.8. The highest BCUT2D eigenvalue weighted by molar-refractivity contribution is 6.06. The monoisotopic (exact) mass is 368 g/mol. The number of carbonyl (C=O) groups is 1. The van der Waals surface area contributed by atoms with Gasteiger partial charge in [-0.2, -0.15) is 13.2 Å². The summed E-state index contributed by atoms with van der Waals surface area (Å²) in [6.07, 6.45) is -8.97. The van der Waals surface area contributed by atoms with Gasteiger partial charge in [0, 0.05) is 19.2 Å². The molecule has 0 aliphatic heterocycles. The lowest BCUT2D eigenvalue weighted by Gasteiger charge is -2.11. The first kappa shape index (κ1) is 20.5. The van der Waals surface area contributed by atoms with Crippen LogP contribution >= 0.6 is 0 Å². The van der Waals surface area contributed by atoms with E-state index in [1.54, 1.807) is 0 Å². The van der Waals surface area contributed by atoms with Gasteiger partial charge in [0.15, 0.2) is 0 Å². The molecule has 0 fully saturated rings. The molecular formula is C15H14F6N2O2. The molecule has 1 rings (SSSR count). The van der Waals surface area contributed by atoms with Gasteiger partial charge in [0.05, 0.1) is 0 Å². The fourth-order valence-corrected chi connectivity index (χ4v) is 1.72. The average molecular weight is 368 g/mol. The topological polar surface area (TPSA) is 50.7 Å². The highest BCUT2D eigenvalue weighted by Crippen LogP contribution is 2.23. The molecule has 0 aliphatic carbocycles. The number of carbonyl (C=O) groups excluding carboxylic acids is 1. The Morgan fingerprint density at radius 2 is 1.88 bits per heavy atom. The molecule has 0 spiro atoms. The second-order valence-electron chi connectivity index (χ2n) is 4.81. The van der Waals surface area contributed by atoms with Gasteiger partial charge in [-0.3, -0.25) is 9.79 Å². The van der Waals surface area contributed by atoms with Crippen molar-refractivity contribution in [1.82, 2.24) is 5.32 Å². The summed E-state index contributed by atoms with van der Waals surface area (Å²) >= 11 is 0. The molecule has 0 aliphatic rings. The Balaban J connectivity index is 2.75. The number of amides is 1. The summed E-state index contributed by atoms with van der Waals surface area (Å²) in [7, 11) is 0.941. The zero-order valence-electron chi connectivity index (χ0n) is 13.1. The van der Waals surface area contributed by atoms with Crippen molar-refractivity contribution < 1.29 is 35.9 Å². The van der Waals surface area contributed by atoms with Crippen LogP contribution in [0.25, 0.3) is 0 Å². The van der Waals surface area contributed by atoms with Crippen molar-refractivity contribution in [3.63, 3.8) is 0 Å². The van der Waals surface area contributed by atoms with Crippen LogP contribution in [0.15, 0.2) is 40.9 Å². The Hall–Kier alpha value is -2.52. The number of ether oxygens (including phenoxy) is 1. The Kier molecular flexibility index (Phi) is 6.60. The standard InChI is InChI=1S/C15H14F6N2O2/c1-9(6-12(22-2)14(16,17)18)13(24)23-8-10-4-3-5-11(7-10)25-15(19,20)21/h3-7H,8H2,1-2H3,(H,23,24)/b9-6+,22-12?. The van der Waals surface area contributed by atoms with Crippen LogP contribution in [0.3, 0.4) is 0 Å². The molecule has 25 heavy (non-hydrogen) atoms. The number of nitrogens with one attached hydrogen (secondary N) is 1. The minimum atomic E-state index is -4.85. The van der Waals surface area contributed by atoms with Crippen LogP contribution in [0.1, 0.15) is 12.5 Å². The Bertz CT molecular complexity index is 677. The summed E-state index contributed by atoms with van der Waals surface area (Å²) in [5.41, 5.74) is -1.19. The van der Waals surface area contributed by atoms with Crippen molar-refractivity contribution in [2.75, 3.05) is 7.05 Å². The van der Waals surface area contributed by atoms with Crippen LogP contribution in [0, 0.1) is 0 Å². The first-order chi connectivity index (χ1) is 11.4. The minimum Gasteiger partial charge on any atom is -0.406 e. The number of hydrogen-bond acceptors (Lipinski definition) is 3. The maximum absolute atomic E-state index is 12.6. The molecule has 1 aromatic rings. The number of alkyl halides is 6. The first-order valence-corrected chi connectivity index (χ1v) is 6.77. The van der Waals surface area contributed by atoms with E-state index >= 15 is 0 Å². The Labute approximate surface area is 139 Å². The summed E-state index contributed by atoms with van der Waals surface area (Å²) in [6.45, 7) is 0.971. The second-order valence-corrected chi connectivity index (χ2v) is 4.81. The molecule has 1 amide bonds. The third-order valence-corrected chi connectivity index (χ3v) is 2.83. The van der Waals surface area contributed by atoms with E-state index in [2.05, 4.69) is 15.0 Å². The van der Waals surface area contributed by atoms with E-state index in [4.69, 9.17) is 0 Å². The van der Waals surface area contributed by atoms with Crippen molar-refractivity contribution in [2.45, 2.75) is 26.0 Å². The number of allylic oxidation sites excluding steroid dienone is 1. The van der Waals surface area contributed by atoms with Crippen LogP contribution in [0.2, 0.25) is 0 Å². The minimum absolute atomic E-state index is 0.191. The highest BCUT2D eigenvalue weighted by Gasteiger charge is 2.34. The smallest absolute Gasteiger partial charge is 0.406 e. The molecule has 0 atom stereocenters. The number of rotatable bonds is 5. The van der Waals surface area contributed by atoms with Crippen molar-refractivity contribution in [2.24, 2.45) is 4.99 Å². The maximum Gasteiger partial charge on any atom is 0.573 e. The fraction of sp³-hybridized carbons (Fsp3) is 0.333. The molecule has 0 aromatic heterocycles. The van der Waals surface area contributed by atoms with E-state index < -0.39 is 29.9 Å². The number of aliphatic imine (C=N–C) groups is 1. The van der Waals surface area contributed by atoms with E-state index in [0.717, 1.165) is 26.1 Å². The van der Waals surface area contributed by atoms with Gasteiger partial charge in [-0.15, -0.1) is 13.2 Å². The first-order valence-electron chi connectivity index (χ1n) is 6.77. The average Bonchev–Trinajstić information content (AvgIpc) is 2.47. The predicted octanol–water partition coefficient (Wildman–Crippen LogP) is 3.78. The number of hydrogen-bond donors (Lipinski definition) is 1. The summed E-state index contributed by atoms with van der Waals surface area (Å²) in [6, 6.07) is 4.85. The molecule has 0 heterocycles. The lowest BCUT2D eigenvalue weighted by molar-refractivity contribution is -0.274. The third kappa shape index (κ3) is 7.27. The Morgan fingerprint density at radius 1 is 1.24 bits per heavy atom. The fourth-order valence-electron chi connectivity index (χ4n) is 1.72. The van der Waals surface area contributed by atoms with Crippen molar-refractivity contribution in [3.05, 3.63) is 41.5 Å². The SMILES string of the molecule is CN=C(/C=C(\C)C(=O)NCc1cccc(OC(F)(F)F)c1)C(F)(F)F. The second kappa shape index (κ2) is 8.04. The normalized spacial score (nSPS) is 13.6. The van der Waals surface area contributed by atoms with Gasteiger partial charge in [-0.05, 0) is 30.7 Å². The quantitative estimate of drug-likeness (QED) is 0.489. The zero-order valence-corrected chi connectivity index (χ0v) is 13.1. The van der Waals surface area contributed by atoms with Gasteiger partial charge >= 0.3 is 12.5 Å². The van der Waals surface area contributed by atoms with Crippen LogP contribution in [-0.4, -0.2) is 31.2 Å². The van der Waals surface area contributed by atoms with Crippen molar-refractivity contribution in [1.29, 1.82) is 0 Å². The predicted molar refractivity (Wildman–Crippen MR) is 78.1 cm³/mol. The van der Waals surface area contributed by atoms with Crippen molar-refractivity contribution >= 4 is 11.6 Å².